The van der Waals surface area contributed by atoms with Crippen molar-refractivity contribution < 1.29 is 9.59 Å². The lowest BCUT2D eigenvalue weighted by Gasteiger charge is -2.08. The van der Waals surface area contributed by atoms with Crippen LogP contribution in [0.3, 0.4) is 0 Å². The quantitative estimate of drug-likeness (QED) is 0.265. The summed E-state index contributed by atoms with van der Waals surface area (Å²) in [5.41, 5.74) is 3.62. The first kappa shape index (κ1) is 21.3. The number of pyridine rings is 2. The van der Waals surface area contributed by atoms with E-state index >= 15 is 0 Å². The topological polar surface area (TPSA) is 141 Å². The van der Waals surface area contributed by atoms with E-state index in [0.29, 0.717) is 48.4 Å². The van der Waals surface area contributed by atoms with Crippen LogP contribution in [0.5, 0.6) is 0 Å². The van der Waals surface area contributed by atoms with Gasteiger partial charge < -0.3 is 20.6 Å². The number of fused-ring (bicyclic) bond motifs is 3. The highest BCUT2D eigenvalue weighted by Crippen LogP contribution is 2.23. The first-order valence-corrected chi connectivity index (χ1v) is 10.9. The molecule has 10 heteroatoms. The molecule has 34 heavy (non-hydrogen) atoms. The number of H-pyrrole nitrogens is 2. The Balaban J connectivity index is 1.34. The molecular formula is C24H22N8O2. The Morgan fingerprint density at radius 1 is 0.676 bits per heavy atom. The second kappa shape index (κ2) is 9.49. The van der Waals surface area contributed by atoms with E-state index < -0.39 is 0 Å². The van der Waals surface area contributed by atoms with Gasteiger partial charge in [-0.3, -0.25) is 9.59 Å². The van der Waals surface area contributed by atoms with Crippen molar-refractivity contribution in [2.75, 3.05) is 13.1 Å². The SMILES string of the molecule is O=C(NCCc1cnc[nH]1)c1ccc2ccc3ccc(C(=O)NCCc4cnc[nH]4)nc3c2n1. The maximum absolute atomic E-state index is 12.7. The Hall–Kier alpha value is -4.60. The van der Waals surface area contributed by atoms with Crippen LogP contribution in [0, 0.1) is 0 Å². The van der Waals surface area contributed by atoms with E-state index in [0.717, 1.165) is 22.2 Å². The molecule has 0 aliphatic carbocycles. The molecule has 0 saturated carbocycles. The fourth-order valence-corrected chi connectivity index (χ4v) is 3.67. The summed E-state index contributed by atoms with van der Waals surface area (Å²) < 4.78 is 0. The molecule has 4 heterocycles. The van der Waals surface area contributed by atoms with E-state index in [4.69, 9.17) is 0 Å². The average molecular weight is 454 g/mol. The molecule has 0 saturated heterocycles. The average Bonchev–Trinajstić information content (AvgIpc) is 3.58. The number of nitrogens with one attached hydrogen (secondary N) is 4. The number of rotatable bonds is 8. The zero-order valence-corrected chi connectivity index (χ0v) is 18.2. The molecule has 0 bridgehead atoms. The zero-order valence-electron chi connectivity index (χ0n) is 18.2. The van der Waals surface area contributed by atoms with Gasteiger partial charge in [-0.15, -0.1) is 0 Å². The van der Waals surface area contributed by atoms with Crippen LogP contribution in [-0.2, 0) is 12.8 Å². The van der Waals surface area contributed by atoms with Crippen molar-refractivity contribution in [3.05, 3.63) is 84.2 Å². The van der Waals surface area contributed by atoms with Gasteiger partial charge in [-0.1, -0.05) is 24.3 Å². The van der Waals surface area contributed by atoms with Crippen molar-refractivity contribution in [2.45, 2.75) is 12.8 Å². The molecule has 0 fully saturated rings. The fourth-order valence-electron chi connectivity index (χ4n) is 3.67. The lowest BCUT2D eigenvalue weighted by molar-refractivity contribution is 0.0941. The first-order chi connectivity index (χ1) is 16.7. The Kier molecular flexibility index (Phi) is 5.93. The summed E-state index contributed by atoms with van der Waals surface area (Å²) in [6, 6.07) is 10.9. The second-order valence-corrected chi connectivity index (χ2v) is 7.77. The highest BCUT2D eigenvalue weighted by molar-refractivity contribution is 6.06. The van der Waals surface area contributed by atoms with E-state index in [9.17, 15) is 9.59 Å². The Bertz CT molecular complexity index is 1330. The third-order valence-electron chi connectivity index (χ3n) is 5.45. The van der Waals surface area contributed by atoms with Crippen molar-refractivity contribution in [3.63, 3.8) is 0 Å². The van der Waals surface area contributed by atoms with Crippen LogP contribution in [0.15, 0.2) is 61.4 Å². The number of carbonyl (C=O) groups is 2. The molecule has 0 aliphatic heterocycles. The van der Waals surface area contributed by atoms with Crippen LogP contribution in [0.4, 0.5) is 0 Å². The number of benzene rings is 1. The summed E-state index contributed by atoms with van der Waals surface area (Å²) >= 11 is 0. The fraction of sp³-hybridized carbons (Fsp3) is 0.167. The largest absolute Gasteiger partial charge is 0.350 e. The normalized spacial score (nSPS) is 11.1. The second-order valence-electron chi connectivity index (χ2n) is 7.77. The van der Waals surface area contributed by atoms with E-state index in [-0.39, 0.29) is 11.8 Å². The summed E-state index contributed by atoms with van der Waals surface area (Å²) in [6.07, 6.45) is 7.94. The summed E-state index contributed by atoms with van der Waals surface area (Å²) in [5.74, 6) is -0.544. The maximum Gasteiger partial charge on any atom is 0.269 e. The first-order valence-electron chi connectivity index (χ1n) is 10.9. The van der Waals surface area contributed by atoms with Gasteiger partial charge in [0.1, 0.15) is 11.4 Å². The highest BCUT2D eigenvalue weighted by Gasteiger charge is 2.13. The number of hydrogen-bond acceptors (Lipinski definition) is 6. The molecule has 1 aromatic carbocycles. The lowest BCUT2D eigenvalue weighted by atomic mass is 10.1. The minimum absolute atomic E-state index is 0.272. The molecule has 0 aliphatic rings. The van der Waals surface area contributed by atoms with Crippen LogP contribution < -0.4 is 10.6 Å². The van der Waals surface area contributed by atoms with Crippen molar-refractivity contribution in [2.24, 2.45) is 0 Å². The van der Waals surface area contributed by atoms with Crippen molar-refractivity contribution in [1.82, 2.24) is 40.5 Å². The highest BCUT2D eigenvalue weighted by atomic mass is 16.2. The molecule has 2 amide bonds. The Morgan fingerprint density at radius 2 is 1.12 bits per heavy atom. The van der Waals surface area contributed by atoms with Crippen LogP contribution in [0.25, 0.3) is 21.8 Å². The van der Waals surface area contributed by atoms with Gasteiger partial charge in [0.05, 0.1) is 23.7 Å². The van der Waals surface area contributed by atoms with Gasteiger partial charge in [-0.25, -0.2) is 19.9 Å². The molecule has 0 atom stereocenters. The summed E-state index contributed by atoms with van der Waals surface area (Å²) in [4.78, 5) is 48.4. The predicted octanol–water partition coefficient (Wildman–Crippen LogP) is 2.17. The van der Waals surface area contributed by atoms with Crippen LogP contribution in [0.1, 0.15) is 32.4 Å². The van der Waals surface area contributed by atoms with Gasteiger partial charge >= 0.3 is 0 Å². The van der Waals surface area contributed by atoms with E-state index in [1.165, 1.54) is 0 Å². The molecule has 5 aromatic rings. The number of amides is 2. The van der Waals surface area contributed by atoms with Gasteiger partial charge in [0.15, 0.2) is 0 Å². The molecule has 4 N–H and O–H groups in total. The minimum atomic E-state index is -0.272. The van der Waals surface area contributed by atoms with Gasteiger partial charge in [-0.05, 0) is 12.1 Å². The van der Waals surface area contributed by atoms with Crippen LogP contribution in [0.2, 0.25) is 0 Å². The predicted molar refractivity (Wildman–Crippen MR) is 126 cm³/mol. The van der Waals surface area contributed by atoms with E-state index in [1.807, 2.05) is 24.3 Å². The van der Waals surface area contributed by atoms with Crippen LogP contribution >= 0.6 is 0 Å². The molecule has 170 valence electrons. The van der Waals surface area contributed by atoms with Gasteiger partial charge in [-0.2, -0.15) is 0 Å². The number of imidazole rings is 2. The Labute approximate surface area is 194 Å². The van der Waals surface area contributed by atoms with Crippen molar-refractivity contribution in [3.8, 4) is 0 Å². The molecule has 10 nitrogen and oxygen atoms in total. The number of hydrogen-bond donors (Lipinski definition) is 4. The minimum Gasteiger partial charge on any atom is -0.350 e. The molecule has 0 spiro atoms. The van der Waals surface area contributed by atoms with Crippen molar-refractivity contribution >= 4 is 33.6 Å². The van der Waals surface area contributed by atoms with Crippen LogP contribution in [-0.4, -0.2) is 54.8 Å². The van der Waals surface area contributed by atoms with Gasteiger partial charge in [0.25, 0.3) is 11.8 Å². The van der Waals surface area contributed by atoms with Crippen molar-refractivity contribution in [1.29, 1.82) is 0 Å². The third-order valence-corrected chi connectivity index (χ3v) is 5.45. The monoisotopic (exact) mass is 454 g/mol. The molecule has 5 rings (SSSR count). The third kappa shape index (κ3) is 4.60. The smallest absolute Gasteiger partial charge is 0.269 e. The summed E-state index contributed by atoms with van der Waals surface area (Å²) in [6.45, 7) is 0.912. The van der Waals surface area contributed by atoms with E-state index in [1.54, 1.807) is 37.2 Å². The molecular weight excluding hydrogens is 432 g/mol. The van der Waals surface area contributed by atoms with E-state index in [2.05, 4.69) is 40.5 Å². The Morgan fingerprint density at radius 3 is 1.53 bits per heavy atom. The molecule has 0 unspecified atom stereocenters. The molecule has 4 aromatic heterocycles. The number of aromatic amines is 2. The summed E-state index contributed by atoms with van der Waals surface area (Å²) in [5, 5.41) is 7.42. The van der Waals surface area contributed by atoms with Gasteiger partial charge in [0.2, 0.25) is 0 Å². The number of carbonyl (C=O) groups excluding carboxylic acids is 2. The number of nitrogens with zero attached hydrogens (tertiary/aromatic N) is 4. The lowest BCUT2D eigenvalue weighted by Crippen LogP contribution is -2.27. The standard InChI is InChI=1S/C24H22N8O2/c33-23(27-9-7-17-11-25-13-29-17)19-5-3-15-1-2-16-4-6-20(32-22(16)21(15)31-19)24(34)28-10-8-18-12-26-14-30-18/h1-6,11-14H,7-10H2,(H,25,29)(H,26,30)(H,27,33)(H,28,34). The van der Waals surface area contributed by atoms with Gasteiger partial charge in [0, 0.05) is 60.5 Å². The maximum atomic E-state index is 12.7. The molecule has 0 radical (unpaired) electrons. The summed E-state index contributed by atoms with van der Waals surface area (Å²) in [7, 11) is 0. The number of aromatic nitrogens is 6. The zero-order chi connectivity index (χ0) is 23.3.